The molecule has 0 saturated carbocycles. The van der Waals surface area contributed by atoms with Crippen molar-refractivity contribution in [2.24, 2.45) is 5.92 Å². The quantitative estimate of drug-likeness (QED) is 0.383. The zero-order valence-electron chi connectivity index (χ0n) is 12.2. The van der Waals surface area contributed by atoms with Gasteiger partial charge in [0.05, 0.1) is 16.4 Å². The second-order valence-corrected chi connectivity index (χ2v) is 5.84. The summed E-state index contributed by atoms with van der Waals surface area (Å²) in [4.78, 5) is 22.1. The fraction of sp³-hybridized carbons (Fsp3) is 0.643. The molecule has 0 saturated heterocycles. The summed E-state index contributed by atoms with van der Waals surface area (Å²) in [6.45, 7) is 6.09. The molecule has 0 amide bonds. The molecule has 1 aromatic heterocycles. The summed E-state index contributed by atoms with van der Waals surface area (Å²) in [6.07, 6.45) is 4.31. The van der Waals surface area contributed by atoms with E-state index in [0.717, 1.165) is 37.0 Å². The summed E-state index contributed by atoms with van der Waals surface area (Å²) in [7, 11) is 0. The minimum atomic E-state index is -0.495. The SMILES string of the molecule is CCCCC(CC)COc1sc(C(C)=O)cc1[N+](=O)[O-]. The summed E-state index contributed by atoms with van der Waals surface area (Å²) in [6, 6.07) is 1.30. The Hall–Kier alpha value is -1.43. The summed E-state index contributed by atoms with van der Waals surface area (Å²) in [5.74, 6) is 0.225. The number of rotatable bonds is 9. The number of carbonyl (C=O) groups is 1. The molecule has 0 N–H and O–H groups in total. The zero-order chi connectivity index (χ0) is 15.1. The molecule has 6 heteroatoms. The third-order valence-electron chi connectivity index (χ3n) is 3.22. The lowest BCUT2D eigenvalue weighted by atomic mass is 10.0. The van der Waals surface area contributed by atoms with E-state index in [9.17, 15) is 14.9 Å². The fourth-order valence-corrected chi connectivity index (χ4v) is 2.74. The Balaban J connectivity index is 2.75. The second-order valence-electron chi connectivity index (χ2n) is 4.82. The van der Waals surface area contributed by atoms with Crippen molar-refractivity contribution in [1.29, 1.82) is 0 Å². The van der Waals surface area contributed by atoms with E-state index >= 15 is 0 Å². The molecule has 0 aliphatic rings. The molecule has 1 rings (SSSR count). The number of thiophene rings is 1. The van der Waals surface area contributed by atoms with Crippen molar-refractivity contribution in [3.05, 3.63) is 21.1 Å². The van der Waals surface area contributed by atoms with Crippen molar-refractivity contribution in [3.63, 3.8) is 0 Å². The van der Waals surface area contributed by atoms with Crippen molar-refractivity contribution in [3.8, 4) is 5.06 Å². The van der Waals surface area contributed by atoms with E-state index in [-0.39, 0.29) is 16.5 Å². The van der Waals surface area contributed by atoms with Gasteiger partial charge < -0.3 is 4.74 Å². The first-order valence-electron chi connectivity index (χ1n) is 6.91. The second kappa shape index (κ2) is 7.99. The van der Waals surface area contributed by atoms with E-state index in [1.165, 1.54) is 13.0 Å². The predicted octanol–water partition coefficient (Wildman–Crippen LogP) is 4.45. The normalized spacial score (nSPS) is 12.2. The average molecular weight is 299 g/mol. The molecule has 0 fully saturated rings. The number of hydrogen-bond acceptors (Lipinski definition) is 5. The Bertz CT molecular complexity index is 470. The first kappa shape index (κ1) is 16.6. The lowest BCUT2D eigenvalue weighted by Gasteiger charge is -2.14. The van der Waals surface area contributed by atoms with Crippen LogP contribution in [0.2, 0.25) is 0 Å². The topological polar surface area (TPSA) is 69.4 Å². The Labute approximate surface area is 123 Å². The number of nitro groups is 1. The van der Waals surface area contributed by atoms with Crippen LogP contribution in [0.1, 0.15) is 56.1 Å². The minimum absolute atomic E-state index is 0.106. The van der Waals surface area contributed by atoms with Crippen LogP contribution >= 0.6 is 11.3 Å². The molecule has 5 nitrogen and oxygen atoms in total. The van der Waals surface area contributed by atoms with Gasteiger partial charge in [0.15, 0.2) is 5.78 Å². The third kappa shape index (κ3) is 4.59. The Morgan fingerprint density at radius 2 is 2.20 bits per heavy atom. The number of nitrogens with zero attached hydrogens (tertiary/aromatic N) is 1. The van der Waals surface area contributed by atoms with Gasteiger partial charge in [-0.05, 0) is 19.3 Å². The Morgan fingerprint density at radius 1 is 1.50 bits per heavy atom. The molecule has 1 unspecified atom stereocenters. The minimum Gasteiger partial charge on any atom is -0.479 e. The number of Topliss-reactive ketones (excluding diaryl/α,β-unsaturated/α-hetero) is 1. The van der Waals surface area contributed by atoms with E-state index in [0.29, 0.717) is 17.4 Å². The summed E-state index contributed by atoms with van der Waals surface area (Å²) < 4.78 is 5.60. The van der Waals surface area contributed by atoms with Crippen molar-refractivity contribution < 1.29 is 14.5 Å². The molecule has 0 bridgehead atoms. The number of unbranched alkanes of at least 4 members (excludes halogenated alkanes) is 1. The maximum absolute atomic E-state index is 11.3. The van der Waals surface area contributed by atoms with Crippen LogP contribution in [0, 0.1) is 16.0 Å². The number of carbonyl (C=O) groups excluding carboxylic acids is 1. The Morgan fingerprint density at radius 3 is 2.70 bits per heavy atom. The number of ketones is 1. The van der Waals surface area contributed by atoms with Crippen molar-refractivity contribution in [2.75, 3.05) is 6.61 Å². The Kier molecular flexibility index (Phi) is 6.64. The molecule has 1 heterocycles. The van der Waals surface area contributed by atoms with Crippen LogP contribution in [0.3, 0.4) is 0 Å². The van der Waals surface area contributed by atoms with Gasteiger partial charge >= 0.3 is 5.69 Å². The number of ether oxygens (including phenoxy) is 1. The van der Waals surface area contributed by atoms with Gasteiger partial charge in [-0.2, -0.15) is 0 Å². The fourth-order valence-electron chi connectivity index (χ4n) is 1.86. The van der Waals surface area contributed by atoms with Gasteiger partial charge in [0, 0.05) is 6.07 Å². The van der Waals surface area contributed by atoms with Crippen molar-refractivity contribution in [2.45, 2.75) is 46.5 Å². The summed E-state index contributed by atoms with van der Waals surface area (Å²) >= 11 is 1.06. The molecule has 1 atom stereocenters. The van der Waals surface area contributed by atoms with E-state index in [1.807, 2.05) is 0 Å². The maximum Gasteiger partial charge on any atom is 0.323 e. The van der Waals surface area contributed by atoms with Gasteiger partial charge in [0.25, 0.3) is 5.06 Å². The highest BCUT2D eigenvalue weighted by Crippen LogP contribution is 2.37. The van der Waals surface area contributed by atoms with Crippen LogP contribution in [0.25, 0.3) is 0 Å². The predicted molar refractivity (Wildman–Crippen MR) is 79.8 cm³/mol. The maximum atomic E-state index is 11.3. The molecule has 1 aromatic rings. The smallest absolute Gasteiger partial charge is 0.323 e. The molecule has 0 spiro atoms. The van der Waals surface area contributed by atoms with E-state index in [4.69, 9.17) is 4.74 Å². The summed E-state index contributed by atoms with van der Waals surface area (Å²) in [5, 5.41) is 11.2. The monoisotopic (exact) mass is 299 g/mol. The summed E-state index contributed by atoms with van der Waals surface area (Å²) in [5.41, 5.74) is -0.106. The van der Waals surface area contributed by atoms with Crippen LogP contribution in [-0.4, -0.2) is 17.3 Å². The van der Waals surface area contributed by atoms with Gasteiger partial charge in [-0.3, -0.25) is 14.9 Å². The van der Waals surface area contributed by atoms with E-state index in [1.54, 1.807) is 0 Å². The largest absolute Gasteiger partial charge is 0.479 e. The van der Waals surface area contributed by atoms with Crippen LogP contribution < -0.4 is 4.74 Å². The van der Waals surface area contributed by atoms with Crippen LogP contribution in [0.5, 0.6) is 5.06 Å². The lowest BCUT2D eigenvalue weighted by molar-refractivity contribution is -0.385. The highest BCUT2D eigenvalue weighted by Gasteiger charge is 2.23. The van der Waals surface area contributed by atoms with Crippen molar-refractivity contribution in [1.82, 2.24) is 0 Å². The number of hydrogen-bond donors (Lipinski definition) is 0. The van der Waals surface area contributed by atoms with Crippen LogP contribution in [-0.2, 0) is 0 Å². The van der Waals surface area contributed by atoms with Gasteiger partial charge in [-0.1, -0.05) is 44.4 Å². The zero-order valence-corrected chi connectivity index (χ0v) is 13.0. The molecule has 112 valence electrons. The molecule has 0 aliphatic carbocycles. The molecule has 0 aliphatic heterocycles. The standard InChI is InChI=1S/C14H21NO4S/c1-4-6-7-11(5-2)9-19-14-12(15(17)18)8-13(20-14)10(3)16/h8,11H,4-7,9H2,1-3H3. The average Bonchev–Trinajstić information content (AvgIpc) is 2.83. The molecular weight excluding hydrogens is 278 g/mol. The van der Waals surface area contributed by atoms with Gasteiger partial charge in [0.2, 0.25) is 0 Å². The van der Waals surface area contributed by atoms with Gasteiger partial charge in [-0.25, -0.2) is 0 Å². The molecule has 0 radical (unpaired) electrons. The van der Waals surface area contributed by atoms with Gasteiger partial charge in [-0.15, -0.1) is 0 Å². The van der Waals surface area contributed by atoms with Crippen LogP contribution in [0.4, 0.5) is 5.69 Å². The lowest BCUT2D eigenvalue weighted by Crippen LogP contribution is -2.11. The van der Waals surface area contributed by atoms with Crippen molar-refractivity contribution >= 4 is 22.8 Å². The highest BCUT2D eigenvalue weighted by atomic mass is 32.1. The first-order valence-corrected chi connectivity index (χ1v) is 7.73. The van der Waals surface area contributed by atoms with E-state index < -0.39 is 4.92 Å². The highest BCUT2D eigenvalue weighted by molar-refractivity contribution is 7.16. The van der Waals surface area contributed by atoms with Crippen LogP contribution in [0.15, 0.2) is 6.07 Å². The first-order chi connectivity index (χ1) is 9.49. The molecule has 0 aromatic carbocycles. The van der Waals surface area contributed by atoms with Gasteiger partial charge in [0.1, 0.15) is 0 Å². The molecule has 20 heavy (non-hydrogen) atoms. The van der Waals surface area contributed by atoms with E-state index in [2.05, 4.69) is 13.8 Å². The molecular formula is C14H21NO4S. The third-order valence-corrected chi connectivity index (χ3v) is 4.35.